The van der Waals surface area contributed by atoms with Gasteiger partial charge in [-0.2, -0.15) is 0 Å². The van der Waals surface area contributed by atoms with Crippen LogP contribution in [-0.2, 0) is 27.1 Å². The summed E-state index contributed by atoms with van der Waals surface area (Å²) in [5.41, 5.74) is 6.51. The third-order valence-corrected chi connectivity index (χ3v) is 7.11. The van der Waals surface area contributed by atoms with E-state index < -0.39 is 24.2 Å². The average molecular weight is 513 g/mol. The number of carbonyl (C=O) groups is 3. The van der Waals surface area contributed by atoms with Crippen molar-refractivity contribution in [3.8, 4) is 11.1 Å². The van der Waals surface area contributed by atoms with Crippen LogP contribution in [0.25, 0.3) is 22.0 Å². The van der Waals surface area contributed by atoms with Crippen LogP contribution in [-0.4, -0.2) is 47.6 Å². The molecule has 1 heterocycles. The molecule has 4 aromatic rings. The van der Waals surface area contributed by atoms with Gasteiger partial charge in [-0.05, 0) is 45.9 Å². The van der Waals surface area contributed by atoms with E-state index in [0.29, 0.717) is 16.5 Å². The highest BCUT2D eigenvalue weighted by Crippen LogP contribution is 2.44. The SMILES string of the molecule is CCc1ccc2c(CC(NC(=O)OCC3c4ccccc4-c4ccccc43)C(=O)OC)cn(C(=O)O)c2c1. The predicted molar refractivity (Wildman–Crippen MR) is 142 cm³/mol. The lowest BCUT2D eigenvalue weighted by molar-refractivity contribution is -0.142. The summed E-state index contributed by atoms with van der Waals surface area (Å²) in [5, 5.41) is 13.0. The van der Waals surface area contributed by atoms with Crippen LogP contribution in [0.3, 0.4) is 0 Å². The van der Waals surface area contributed by atoms with Gasteiger partial charge in [-0.15, -0.1) is 0 Å². The first-order chi connectivity index (χ1) is 18.4. The number of carbonyl (C=O) groups excluding carboxylic acids is 2. The molecule has 1 atom stereocenters. The number of nitrogens with one attached hydrogen (secondary N) is 1. The number of aryl methyl sites for hydroxylation is 1. The Morgan fingerprint density at radius 3 is 2.26 bits per heavy atom. The van der Waals surface area contributed by atoms with Crippen LogP contribution < -0.4 is 5.32 Å². The van der Waals surface area contributed by atoms with Crippen molar-refractivity contribution in [2.24, 2.45) is 0 Å². The fraction of sp³-hybridized carbons (Fsp3) is 0.233. The van der Waals surface area contributed by atoms with Crippen molar-refractivity contribution in [2.75, 3.05) is 13.7 Å². The van der Waals surface area contributed by atoms with Gasteiger partial charge < -0.3 is 19.9 Å². The topological polar surface area (TPSA) is 107 Å². The summed E-state index contributed by atoms with van der Waals surface area (Å²) < 4.78 is 11.7. The molecule has 0 saturated heterocycles. The number of benzene rings is 3. The number of fused-ring (bicyclic) bond motifs is 4. The molecule has 1 amide bonds. The Balaban J connectivity index is 1.34. The van der Waals surface area contributed by atoms with Crippen LogP contribution in [0.4, 0.5) is 9.59 Å². The van der Waals surface area contributed by atoms with Crippen molar-refractivity contribution in [3.63, 3.8) is 0 Å². The van der Waals surface area contributed by atoms with E-state index in [-0.39, 0.29) is 18.9 Å². The van der Waals surface area contributed by atoms with Gasteiger partial charge in [0.15, 0.2) is 0 Å². The number of amides is 1. The quantitative estimate of drug-likeness (QED) is 0.323. The second kappa shape index (κ2) is 10.4. The zero-order chi connectivity index (χ0) is 26.8. The highest BCUT2D eigenvalue weighted by molar-refractivity contribution is 5.92. The first-order valence-corrected chi connectivity index (χ1v) is 12.5. The number of ether oxygens (including phenoxy) is 2. The Hall–Kier alpha value is -4.59. The number of carboxylic acid groups (broad SMARTS) is 1. The molecule has 1 unspecified atom stereocenters. The molecule has 0 saturated carbocycles. The van der Waals surface area contributed by atoms with Gasteiger partial charge in [-0.1, -0.05) is 67.6 Å². The maximum atomic E-state index is 12.9. The number of hydrogen-bond acceptors (Lipinski definition) is 5. The third-order valence-electron chi connectivity index (χ3n) is 7.11. The van der Waals surface area contributed by atoms with Crippen molar-refractivity contribution >= 4 is 29.1 Å². The standard InChI is InChI=1S/C30H28N2O6/c1-3-18-12-13-20-19(16-32(30(35)36)27(20)14-18)15-26(28(33)37-2)31-29(34)38-17-25-23-10-6-4-8-21(23)22-9-5-7-11-24(22)25/h4-14,16,25-26H,3,15,17H2,1-2H3,(H,31,34)(H,35,36). The Bertz CT molecular complexity index is 1490. The van der Waals surface area contributed by atoms with Crippen molar-refractivity contribution in [1.29, 1.82) is 0 Å². The van der Waals surface area contributed by atoms with E-state index in [4.69, 9.17) is 9.47 Å². The second-order valence-electron chi connectivity index (χ2n) is 9.26. The number of esters is 1. The monoisotopic (exact) mass is 512 g/mol. The highest BCUT2D eigenvalue weighted by Gasteiger charge is 2.30. The molecule has 1 aromatic heterocycles. The Kier molecular flexibility index (Phi) is 6.87. The van der Waals surface area contributed by atoms with Gasteiger partial charge in [0.25, 0.3) is 0 Å². The summed E-state index contributed by atoms with van der Waals surface area (Å²) in [6, 6.07) is 20.6. The average Bonchev–Trinajstić information content (AvgIpc) is 3.46. The highest BCUT2D eigenvalue weighted by atomic mass is 16.6. The van der Waals surface area contributed by atoms with Crippen LogP contribution >= 0.6 is 0 Å². The van der Waals surface area contributed by atoms with Gasteiger partial charge >= 0.3 is 18.2 Å². The number of rotatable bonds is 7. The first kappa shape index (κ1) is 25.1. The van der Waals surface area contributed by atoms with Crippen molar-refractivity contribution in [3.05, 3.63) is 95.2 Å². The van der Waals surface area contributed by atoms with E-state index in [1.54, 1.807) is 0 Å². The van der Waals surface area contributed by atoms with Crippen molar-refractivity contribution in [2.45, 2.75) is 31.7 Å². The van der Waals surface area contributed by atoms with Gasteiger partial charge in [0.2, 0.25) is 0 Å². The van der Waals surface area contributed by atoms with Gasteiger partial charge in [0.05, 0.1) is 12.6 Å². The number of methoxy groups -OCH3 is 1. The molecular weight excluding hydrogens is 484 g/mol. The molecule has 3 aromatic carbocycles. The summed E-state index contributed by atoms with van der Waals surface area (Å²) >= 11 is 0. The fourth-order valence-corrected chi connectivity index (χ4v) is 5.22. The molecule has 0 bridgehead atoms. The Labute approximate surface area is 219 Å². The molecule has 38 heavy (non-hydrogen) atoms. The van der Waals surface area contributed by atoms with Gasteiger partial charge in [-0.3, -0.25) is 4.57 Å². The van der Waals surface area contributed by atoms with E-state index in [1.165, 1.54) is 13.3 Å². The fourth-order valence-electron chi connectivity index (χ4n) is 5.22. The Morgan fingerprint density at radius 1 is 1.00 bits per heavy atom. The lowest BCUT2D eigenvalue weighted by atomic mass is 9.98. The van der Waals surface area contributed by atoms with Crippen LogP contribution in [0, 0.1) is 0 Å². The normalized spacial score (nSPS) is 13.0. The van der Waals surface area contributed by atoms with Crippen LogP contribution in [0.2, 0.25) is 0 Å². The maximum Gasteiger partial charge on any atom is 0.416 e. The molecule has 0 radical (unpaired) electrons. The molecule has 1 aliphatic rings. The zero-order valence-electron chi connectivity index (χ0n) is 21.1. The van der Waals surface area contributed by atoms with Gasteiger partial charge in [0, 0.05) is 23.9 Å². The molecule has 8 nitrogen and oxygen atoms in total. The molecule has 5 rings (SSSR count). The van der Waals surface area contributed by atoms with Crippen molar-refractivity contribution in [1.82, 2.24) is 9.88 Å². The summed E-state index contributed by atoms with van der Waals surface area (Å²) in [6.45, 7) is 2.09. The first-order valence-electron chi connectivity index (χ1n) is 12.5. The zero-order valence-corrected chi connectivity index (χ0v) is 21.1. The molecule has 194 valence electrons. The minimum absolute atomic E-state index is 0.0408. The molecule has 0 fully saturated rings. The second-order valence-corrected chi connectivity index (χ2v) is 9.26. The summed E-state index contributed by atoms with van der Waals surface area (Å²) in [6.07, 6.45) is 0.386. The van der Waals surface area contributed by atoms with E-state index in [1.807, 2.05) is 61.5 Å². The lowest BCUT2D eigenvalue weighted by Gasteiger charge is -2.18. The van der Waals surface area contributed by atoms with Crippen molar-refractivity contribution < 1.29 is 29.0 Å². The summed E-state index contributed by atoms with van der Waals surface area (Å²) in [4.78, 5) is 37.3. The predicted octanol–water partition coefficient (Wildman–Crippen LogP) is 5.35. The van der Waals surface area contributed by atoms with Crippen LogP contribution in [0.1, 0.15) is 35.1 Å². The lowest BCUT2D eigenvalue weighted by Crippen LogP contribution is -2.43. The molecule has 8 heteroatoms. The molecule has 0 aliphatic heterocycles. The smallest absolute Gasteiger partial charge is 0.416 e. The van der Waals surface area contributed by atoms with E-state index in [9.17, 15) is 19.5 Å². The Morgan fingerprint density at radius 2 is 1.66 bits per heavy atom. The maximum absolute atomic E-state index is 12.9. The number of alkyl carbamates (subject to hydrolysis) is 1. The molecular formula is C30H28N2O6. The number of hydrogen-bond donors (Lipinski definition) is 2. The van der Waals surface area contributed by atoms with E-state index in [2.05, 4.69) is 17.4 Å². The molecule has 2 N–H and O–H groups in total. The number of aromatic nitrogens is 1. The molecule has 1 aliphatic carbocycles. The van der Waals surface area contributed by atoms with Crippen LogP contribution in [0.5, 0.6) is 0 Å². The van der Waals surface area contributed by atoms with E-state index in [0.717, 1.165) is 38.8 Å². The summed E-state index contributed by atoms with van der Waals surface area (Å²) in [5.74, 6) is -0.772. The van der Waals surface area contributed by atoms with Gasteiger partial charge in [0.1, 0.15) is 12.6 Å². The van der Waals surface area contributed by atoms with Crippen LogP contribution in [0.15, 0.2) is 72.9 Å². The minimum Gasteiger partial charge on any atom is -0.467 e. The van der Waals surface area contributed by atoms with Gasteiger partial charge in [-0.25, -0.2) is 14.4 Å². The third kappa shape index (κ3) is 4.61. The summed E-state index contributed by atoms with van der Waals surface area (Å²) in [7, 11) is 1.24. The van der Waals surface area contributed by atoms with E-state index >= 15 is 0 Å². The molecule has 0 spiro atoms. The number of nitrogens with zero attached hydrogens (tertiary/aromatic N) is 1. The largest absolute Gasteiger partial charge is 0.467 e. The minimum atomic E-state index is -1.13.